The van der Waals surface area contributed by atoms with Gasteiger partial charge in [-0.15, -0.1) is 10.2 Å². The second-order valence-electron chi connectivity index (χ2n) is 7.15. The topological polar surface area (TPSA) is 77.2 Å². The lowest BCUT2D eigenvalue weighted by atomic mass is 9.97. The highest BCUT2D eigenvalue weighted by atomic mass is 32.2. The number of nitrogens with zero attached hydrogens (tertiary/aromatic N) is 2. The number of fused-ring (bicyclic) bond motifs is 1. The second-order valence-corrected chi connectivity index (χ2v) is 8.08. The third-order valence-corrected chi connectivity index (χ3v) is 5.84. The highest BCUT2D eigenvalue weighted by molar-refractivity contribution is 7.99. The van der Waals surface area contributed by atoms with Crippen molar-refractivity contribution in [1.82, 2.24) is 15.5 Å². The summed E-state index contributed by atoms with van der Waals surface area (Å²) >= 11 is 1.24. The molecule has 0 bridgehead atoms. The number of aromatic nitrogens is 2. The van der Waals surface area contributed by atoms with Gasteiger partial charge in [0.2, 0.25) is 11.8 Å². The molecule has 1 amide bonds. The van der Waals surface area contributed by atoms with Crippen LogP contribution in [0.15, 0.2) is 76.4 Å². The molecule has 1 aromatic heterocycles. The number of amides is 1. The first-order valence-corrected chi connectivity index (χ1v) is 11.0. The lowest BCUT2D eigenvalue weighted by Crippen LogP contribution is -2.24. The highest BCUT2D eigenvalue weighted by Gasteiger charge is 2.17. The van der Waals surface area contributed by atoms with Gasteiger partial charge in [0.25, 0.3) is 5.22 Å². The Morgan fingerprint density at radius 3 is 2.65 bits per heavy atom. The van der Waals surface area contributed by atoms with Gasteiger partial charge in [-0.1, -0.05) is 66.4 Å². The van der Waals surface area contributed by atoms with Gasteiger partial charge in [0, 0.05) is 6.54 Å². The predicted octanol–water partition coefficient (Wildman–Crippen LogP) is 4.79. The van der Waals surface area contributed by atoms with Gasteiger partial charge in [-0.3, -0.25) is 4.79 Å². The molecule has 158 valence electrons. The van der Waals surface area contributed by atoms with E-state index in [9.17, 15) is 4.79 Å². The van der Waals surface area contributed by atoms with Crippen molar-refractivity contribution in [3.05, 3.63) is 83.7 Å². The van der Waals surface area contributed by atoms with Crippen molar-refractivity contribution in [3.63, 3.8) is 0 Å². The zero-order valence-electron chi connectivity index (χ0n) is 17.4. The smallest absolute Gasteiger partial charge is 0.277 e. The summed E-state index contributed by atoms with van der Waals surface area (Å²) in [6.45, 7) is 2.53. The number of ether oxygens (including phenoxy) is 1. The van der Waals surface area contributed by atoms with Crippen LogP contribution in [0, 0.1) is 0 Å². The van der Waals surface area contributed by atoms with Crippen LogP contribution >= 0.6 is 11.8 Å². The minimum absolute atomic E-state index is 0.0553. The number of nitrogens with one attached hydrogen (secondary N) is 1. The van der Waals surface area contributed by atoms with Gasteiger partial charge in [-0.2, -0.15) is 0 Å². The van der Waals surface area contributed by atoms with Crippen LogP contribution < -0.4 is 10.1 Å². The number of carbonyl (C=O) groups is 1. The van der Waals surface area contributed by atoms with E-state index < -0.39 is 0 Å². The summed E-state index contributed by atoms with van der Waals surface area (Å²) in [6.07, 6.45) is 0. The third-order valence-electron chi connectivity index (χ3n) is 5.02. The minimum atomic E-state index is -0.0772. The van der Waals surface area contributed by atoms with E-state index >= 15 is 0 Å². The average molecular weight is 434 g/mol. The number of thioether (sulfide) groups is 1. The SMILES string of the molecule is COc1ccc2cc([C@H](C)c3nnc(SCC(=O)NCc4ccccc4)o3)ccc2c1. The Bertz CT molecular complexity index is 1180. The van der Waals surface area contributed by atoms with E-state index in [0.29, 0.717) is 17.7 Å². The van der Waals surface area contributed by atoms with E-state index in [1.807, 2.05) is 55.5 Å². The summed E-state index contributed by atoms with van der Waals surface area (Å²) < 4.78 is 11.1. The Morgan fingerprint density at radius 1 is 1.06 bits per heavy atom. The summed E-state index contributed by atoms with van der Waals surface area (Å²) in [4.78, 5) is 12.1. The van der Waals surface area contributed by atoms with Crippen LogP contribution in [0.1, 0.15) is 29.9 Å². The van der Waals surface area contributed by atoms with Gasteiger partial charge in [0.15, 0.2) is 0 Å². The minimum Gasteiger partial charge on any atom is -0.497 e. The molecule has 0 aliphatic rings. The lowest BCUT2D eigenvalue weighted by molar-refractivity contribution is -0.118. The molecule has 1 N–H and O–H groups in total. The summed E-state index contributed by atoms with van der Waals surface area (Å²) in [5.74, 6) is 1.45. The van der Waals surface area contributed by atoms with Crippen molar-refractivity contribution >= 4 is 28.4 Å². The van der Waals surface area contributed by atoms with E-state index in [1.165, 1.54) is 11.8 Å². The molecular weight excluding hydrogens is 410 g/mol. The molecule has 0 spiro atoms. The molecule has 4 rings (SSSR count). The van der Waals surface area contributed by atoms with Crippen LogP contribution in [0.3, 0.4) is 0 Å². The predicted molar refractivity (Wildman–Crippen MR) is 121 cm³/mol. The van der Waals surface area contributed by atoms with Crippen LogP contribution in [-0.2, 0) is 11.3 Å². The summed E-state index contributed by atoms with van der Waals surface area (Å²) in [7, 11) is 1.66. The second kappa shape index (κ2) is 9.66. The van der Waals surface area contributed by atoms with Gasteiger partial charge >= 0.3 is 0 Å². The van der Waals surface area contributed by atoms with Crippen molar-refractivity contribution in [2.75, 3.05) is 12.9 Å². The fourth-order valence-corrected chi connectivity index (χ4v) is 3.81. The van der Waals surface area contributed by atoms with Crippen LogP contribution in [0.25, 0.3) is 10.8 Å². The van der Waals surface area contributed by atoms with Gasteiger partial charge in [0.05, 0.1) is 18.8 Å². The average Bonchev–Trinajstić information content (AvgIpc) is 3.30. The summed E-state index contributed by atoms with van der Waals surface area (Å²) in [6, 6.07) is 22.0. The first-order valence-electron chi connectivity index (χ1n) is 9.97. The van der Waals surface area contributed by atoms with E-state index in [1.54, 1.807) is 7.11 Å². The van der Waals surface area contributed by atoms with Crippen molar-refractivity contribution in [1.29, 1.82) is 0 Å². The molecule has 3 aromatic carbocycles. The zero-order valence-corrected chi connectivity index (χ0v) is 18.2. The Kier molecular flexibility index (Phi) is 6.52. The number of methoxy groups -OCH3 is 1. The first-order chi connectivity index (χ1) is 15.1. The quantitative estimate of drug-likeness (QED) is 0.403. The van der Waals surface area contributed by atoms with E-state index in [4.69, 9.17) is 9.15 Å². The van der Waals surface area contributed by atoms with E-state index in [0.717, 1.165) is 27.6 Å². The van der Waals surface area contributed by atoms with Gasteiger partial charge < -0.3 is 14.5 Å². The molecule has 0 aliphatic heterocycles. The maximum Gasteiger partial charge on any atom is 0.277 e. The lowest BCUT2D eigenvalue weighted by Gasteiger charge is -2.09. The normalized spacial score (nSPS) is 11.9. The molecule has 0 fully saturated rings. The van der Waals surface area contributed by atoms with Crippen molar-refractivity contribution in [2.24, 2.45) is 0 Å². The van der Waals surface area contributed by atoms with Crippen molar-refractivity contribution in [2.45, 2.75) is 24.6 Å². The van der Waals surface area contributed by atoms with E-state index in [2.05, 4.69) is 33.7 Å². The van der Waals surface area contributed by atoms with Gasteiger partial charge in [-0.05, 0) is 41.0 Å². The highest BCUT2D eigenvalue weighted by Crippen LogP contribution is 2.29. The van der Waals surface area contributed by atoms with Crippen LogP contribution in [0.4, 0.5) is 0 Å². The van der Waals surface area contributed by atoms with E-state index in [-0.39, 0.29) is 17.6 Å². The zero-order chi connectivity index (χ0) is 21.6. The van der Waals surface area contributed by atoms with Gasteiger partial charge in [0.1, 0.15) is 5.75 Å². The fraction of sp³-hybridized carbons (Fsp3) is 0.208. The van der Waals surface area contributed by atoms with Crippen molar-refractivity contribution in [3.8, 4) is 5.75 Å². The number of carbonyl (C=O) groups excluding carboxylic acids is 1. The Morgan fingerprint density at radius 2 is 1.84 bits per heavy atom. The molecule has 7 heteroatoms. The largest absolute Gasteiger partial charge is 0.497 e. The van der Waals surface area contributed by atoms with Crippen LogP contribution in [0.2, 0.25) is 0 Å². The molecule has 0 unspecified atom stereocenters. The monoisotopic (exact) mass is 433 g/mol. The molecule has 1 atom stereocenters. The fourth-order valence-electron chi connectivity index (χ4n) is 3.21. The molecule has 0 aliphatic carbocycles. The molecule has 1 heterocycles. The van der Waals surface area contributed by atoms with Crippen molar-refractivity contribution < 1.29 is 13.9 Å². The number of hydrogen-bond donors (Lipinski definition) is 1. The molecule has 0 saturated heterocycles. The summed E-state index contributed by atoms with van der Waals surface area (Å²) in [5, 5.41) is 13.8. The number of rotatable bonds is 8. The molecule has 31 heavy (non-hydrogen) atoms. The van der Waals surface area contributed by atoms with Gasteiger partial charge in [-0.25, -0.2) is 0 Å². The van der Waals surface area contributed by atoms with Crippen LogP contribution in [-0.4, -0.2) is 29.0 Å². The molecular formula is C24H23N3O3S. The Hall–Kier alpha value is -3.32. The Labute approximate surface area is 185 Å². The molecule has 4 aromatic rings. The maximum atomic E-state index is 12.1. The molecule has 6 nitrogen and oxygen atoms in total. The standard InChI is InChI=1S/C24H23N3O3S/c1-16(18-8-9-20-13-21(29-2)11-10-19(20)12-18)23-26-27-24(30-23)31-15-22(28)25-14-17-6-4-3-5-7-17/h3-13,16H,14-15H2,1-2H3,(H,25,28)/t16-/m0/s1. The summed E-state index contributed by atoms with van der Waals surface area (Å²) in [5.41, 5.74) is 2.14. The number of benzene rings is 3. The Balaban J connectivity index is 1.35. The molecule has 0 saturated carbocycles. The molecule has 0 radical (unpaired) electrons. The van der Waals surface area contributed by atoms with Crippen LogP contribution in [0.5, 0.6) is 5.75 Å². The maximum absolute atomic E-state index is 12.1. The number of hydrogen-bond acceptors (Lipinski definition) is 6. The third kappa shape index (κ3) is 5.24. The first kappa shape index (κ1) is 20.9.